The summed E-state index contributed by atoms with van der Waals surface area (Å²) >= 11 is 0. The summed E-state index contributed by atoms with van der Waals surface area (Å²) in [7, 11) is 0. The zero-order valence-electron chi connectivity index (χ0n) is 7.69. The normalized spacial score (nSPS) is 5.38. The van der Waals surface area contributed by atoms with Gasteiger partial charge in [-0.15, -0.1) is 26.3 Å². The summed E-state index contributed by atoms with van der Waals surface area (Å²) in [6, 6.07) is 0. The van der Waals surface area contributed by atoms with E-state index in [0.29, 0.717) is 0 Å². The second-order valence-electron chi connectivity index (χ2n) is 1.07. The SMILES string of the molecule is C=C.C=C.CC(=O)O.O=C(O)CO. The number of aliphatic hydroxyl groups excluding tert-OH is 1. The first kappa shape index (κ1) is 22.5. The summed E-state index contributed by atoms with van der Waals surface area (Å²) in [5, 5.41) is 22.4. The Balaban J connectivity index is -0.0000000457. The van der Waals surface area contributed by atoms with Crippen LogP contribution < -0.4 is 0 Å². The number of carbonyl (C=O) groups is 2. The molecule has 5 nitrogen and oxygen atoms in total. The van der Waals surface area contributed by atoms with Gasteiger partial charge in [-0.2, -0.15) is 0 Å². The maximum atomic E-state index is 9.12. The van der Waals surface area contributed by atoms with Crippen LogP contribution in [-0.2, 0) is 9.59 Å². The van der Waals surface area contributed by atoms with Crippen molar-refractivity contribution in [3.8, 4) is 0 Å². The number of rotatable bonds is 1. The Kier molecular flexibility index (Phi) is 54.6. The molecule has 0 heterocycles. The summed E-state index contributed by atoms with van der Waals surface area (Å²) in [5.74, 6) is -2.02. The first-order valence-corrected chi connectivity index (χ1v) is 3.03. The van der Waals surface area contributed by atoms with Crippen LogP contribution in [0.3, 0.4) is 0 Å². The molecule has 0 atom stereocenters. The van der Waals surface area contributed by atoms with Crippen molar-refractivity contribution >= 4 is 11.9 Å². The first-order chi connectivity index (χ1) is 6.00. The summed E-state index contributed by atoms with van der Waals surface area (Å²) < 4.78 is 0. The van der Waals surface area contributed by atoms with Crippen LogP contribution in [0.1, 0.15) is 6.92 Å². The van der Waals surface area contributed by atoms with Crippen molar-refractivity contribution < 1.29 is 24.9 Å². The maximum Gasteiger partial charge on any atom is 0.329 e. The van der Waals surface area contributed by atoms with Gasteiger partial charge in [-0.3, -0.25) is 4.79 Å². The minimum atomic E-state index is -1.19. The molecule has 13 heavy (non-hydrogen) atoms. The Morgan fingerprint density at radius 3 is 1.15 bits per heavy atom. The molecule has 5 heteroatoms. The van der Waals surface area contributed by atoms with Crippen LogP contribution in [0.2, 0.25) is 0 Å². The predicted octanol–water partition coefficient (Wildman–Crippen LogP) is 0.759. The molecule has 0 rings (SSSR count). The minimum absolute atomic E-state index is 0.778. The molecule has 0 saturated carbocycles. The summed E-state index contributed by atoms with van der Waals surface area (Å²) in [6.07, 6.45) is 0. The lowest BCUT2D eigenvalue weighted by Crippen LogP contribution is -1.98. The van der Waals surface area contributed by atoms with Crippen LogP contribution in [0.4, 0.5) is 0 Å². The Labute approximate surface area is 77.6 Å². The van der Waals surface area contributed by atoms with E-state index in [1.165, 1.54) is 0 Å². The third-order valence-corrected chi connectivity index (χ3v) is 0.135. The van der Waals surface area contributed by atoms with Gasteiger partial charge in [0.2, 0.25) is 0 Å². The molecule has 3 N–H and O–H groups in total. The molecule has 0 fully saturated rings. The fraction of sp³-hybridized carbons (Fsp3) is 0.250. The molecule has 0 aliphatic rings. The molecule has 0 saturated heterocycles. The number of hydrogen-bond acceptors (Lipinski definition) is 3. The number of hydrogen-bond donors (Lipinski definition) is 3. The third-order valence-electron chi connectivity index (χ3n) is 0.135. The third kappa shape index (κ3) is 5050. The molecular formula is C8H16O5. The van der Waals surface area contributed by atoms with Crippen molar-refractivity contribution in [2.24, 2.45) is 0 Å². The van der Waals surface area contributed by atoms with Crippen LogP contribution in [0, 0.1) is 0 Å². The molecule has 0 amide bonds. The minimum Gasteiger partial charge on any atom is -0.481 e. The summed E-state index contributed by atoms with van der Waals surface area (Å²) in [5.41, 5.74) is 0. The number of carboxylic acids is 2. The lowest BCUT2D eigenvalue weighted by atomic mass is 10.8. The highest BCUT2D eigenvalue weighted by atomic mass is 16.4. The number of aliphatic carboxylic acids is 2. The topological polar surface area (TPSA) is 94.8 Å². The largest absolute Gasteiger partial charge is 0.481 e. The van der Waals surface area contributed by atoms with E-state index in [0.717, 1.165) is 6.92 Å². The summed E-state index contributed by atoms with van der Waals surface area (Å²) in [6.45, 7) is 12.3. The van der Waals surface area contributed by atoms with Gasteiger partial charge in [0.15, 0.2) is 0 Å². The van der Waals surface area contributed by atoms with Gasteiger partial charge < -0.3 is 15.3 Å². The van der Waals surface area contributed by atoms with E-state index in [4.69, 9.17) is 24.9 Å². The monoisotopic (exact) mass is 192 g/mol. The average molecular weight is 192 g/mol. The van der Waals surface area contributed by atoms with Crippen molar-refractivity contribution in [2.45, 2.75) is 6.92 Å². The molecule has 0 aromatic rings. The fourth-order valence-electron chi connectivity index (χ4n) is 0. The Bertz CT molecular complexity index is 116. The van der Waals surface area contributed by atoms with Crippen molar-refractivity contribution in [1.29, 1.82) is 0 Å². The highest BCUT2D eigenvalue weighted by Crippen LogP contribution is 1.48. The Morgan fingerprint density at radius 2 is 1.15 bits per heavy atom. The van der Waals surface area contributed by atoms with Crippen LogP contribution in [0.25, 0.3) is 0 Å². The number of carboxylic acid groups (broad SMARTS) is 2. The van der Waals surface area contributed by atoms with Crippen LogP contribution in [0.5, 0.6) is 0 Å². The molecule has 0 unspecified atom stereocenters. The van der Waals surface area contributed by atoms with Crippen molar-refractivity contribution in [3.05, 3.63) is 26.3 Å². The molecule has 0 aliphatic carbocycles. The van der Waals surface area contributed by atoms with Crippen molar-refractivity contribution in [1.82, 2.24) is 0 Å². The molecule has 0 radical (unpaired) electrons. The quantitative estimate of drug-likeness (QED) is 0.533. The van der Waals surface area contributed by atoms with E-state index < -0.39 is 18.5 Å². The predicted molar refractivity (Wildman–Crippen MR) is 50.5 cm³/mol. The fourth-order valence-corrected chi connectivity index (χ4v) is 0. The van der Waals surface area contributed by atoms with Crippen LogP contribution >= 0.6 is 0 Å². The van der Waals surface area contributed by atoms with E-state index in [1.807, 2.05) is 0 Å². The highest BCUT2D eigenvalue weighted by Gasteiger charge is 1.82. The van der Waals surface area contributed by atoms with Crippen LogP contribution in [0.15, 0.2) is 26.3 Å². The molecule has 0 aromatic heterocycles. The molecule has 0 aromatic carbocycles. The summed E-state index contributed by atoms with van der Waals surface area (Å²) in [4.78, 5) is 18.1. The van der Waals surface area contributed by atoms with Crippen molar-refractivity contribution in [2.75, 3.05) is 6.61 Å². The highest BCUT2D eigenvalue weighted by molar-refractivity contribution is 5.67. The van der Waals surface area contributed by atoms with Crippen LogP contribution in [-0.4, -0.2) is 33.9 Å². The van der Waals surface area contributed by atoms with E-state index in [9.17, 15) is 0 Å². The van der Waals surface area contributed by atoms with Gasteiger partial charge in [0, 0.05) is 6.92 Å². The standard InChI is InChI=1S/C2H4O3.C2H4O2.2C2H4/c3-1-2(4)5;1-2(3)4;2*1-2/h3H,1H2,(H,4,5);1H3,(H,3,4);2*1-2H2. The smallest absolute Gasteiger partial charge is 0.329 e. The molecule has 78 valence electrons. The second-order valence-corrected chi connectivity index (χ2v) is 1.07. The van der Waals surface area contributed by atoms with Gasteiger partial charge in [-0.05, 0) is 0 Å². The Morgan fingerprint density at radius 1 is 1.08 bits per heavy atom. The lowest BCUT2D eigenvalue weighted by Gasteiger charge is -1.72. The van der Waals surface area contributed by atoms with Gasteiger partial charge in [-0.25, -0.2) is 4.79 Å². The Hall–Kier alpha value is -1.62. The van der Waals surface area contributed by atoms with Gasteiger partial charge in [0.1, 0.15) is 6.61 Å². The van der Waals surface area contributed by atoms with E-state index >= 15 is 0 Å². The maximum absolute atomic E-state index is 9.12. The molecular weight excluding hydrogens is 176 g/mol. The zero-order valence-corrected chi connectivity index (χ0v) is 7.69. The average Bonchev–Trinajstić information content (AvgIpc) is 2.10. The van der Waals surface area contributed by atoms with Gasteiger partial charge >= 0.3 is 5.97 Å². The molecule has 0 aliphatic heterocycles. The molecule has 0 bridgehead atoms. The second kappa shape index (κ2) is 31.6. The lowest BCUT2D eigenvalue weighted by molar-refractivity contribution is -0.140. The van der Waals surface area contributed by atoms with Gasteiger partial charge in [-0.1, -0.05) is 0 Å². The van der Waals surface area contributed by atoms with Crippen molar-refractivity contribution in [3.63, 3.8) is 0 Å². The van der Waals surface area contributed by atoms with Gasteiger partial charge in [0.25, 0.3) is 5.97 Å². The zero-order chi connectivity index (χ0) is 11.9. The van der Waals surface area contributed by atoms with E-state index in [-0.39, 0.29) is 0 Å². The number of aliphatic hydroxyl groups is 1. The van der Waals surface area contributed by atoms with Gasteiger partial charge in [0.05, 0.1) is 0 Å². The van der Waals surface area contributed by atoms with E-state index in [1.54, 1.807) is 0 Å². The first-order valence-electron chi connectivity index (χ1n) is 3.03. The van der Waals surface area contributed by atoms with E-state index in [2.05, 4.69) is 26.3 Å². The molecule has 0 spiro atoms.